The molecule has 0 fully saturated rings. The quantitative estimate of drug-likeness (QED) is 0.461. The molecule has 1 unspecified atom stereocenters. The lowest BCUT2D eigenvalue weighted by Crippen LogP contribution is -3.00. The van der Waals surface area contributed by atoms with E-state index in [-0.39, 0.29) is 18.1 Å². The van der Waals surface area contributed by atoms with Gasteiger partial charge in [-0.05, 0) is 0 Å². The number of nitrogens with zero attached hydrogens (tertiary/aromatic N) is 1. The first-order valence-corrected chi connectivity index (χ1v) is 7.15. The fourth-order valence-electron chi connectivity index (χ4n) is 1.92. The summed E-state index contributed by atoms with van der Waals surface area (Å²) < 4.78 is 18.6. The summed E-state index contributed by atoms with van der Waals surface area (Å²) >= 11 is 0. The summed E-state index contributed by atoms with van der Waals surface area (Å²) in [7, 11) is 2.31. The zero-order chi connectivity index (χ0) is 12.0. The van der Waals surface area contributed by atoms with Crippen LogP contribution in [0.5, 0.6) is 0 Å². The summed E-state index contributed by atoms with van der Waals surface area (Å²) in [6, 6.07) is 5.96. The molecule has 1 atom stereocenters. The van der Waals surface area contributed by atoms with E-state index >= 15 is 0 Å². The van der Waals surface area contributed by atoms with E-state index in [0.717, 1.165) is 6.42 Å². The Balaban J connectivity index is 0.00000256. The van der Waals surface area contributed by atoms with E-state index in [9.17, 15) is 0 Å². The van der Waals surface area contributed by atoms with Gasteiger partial charge in [0.1, 0.15) is 0 Å². The molecule has 0 amide bonds. The van der Waals surface area contributed by atoms with Crippen molar-refractivity contribution < 1.29 is 30.3 Å². The normalized spacial score (nSPS) is 12.9. The highest BCUT2D eigenvalue weighted by Crippen LogP contribution is 2.21. The standard InChI is InChI=1S/C11H20NO3Si.ClH/c1-5-11(12-9-7-6-8-10-12)16(13-2,14-3)15-4;/h6-11H,5H2,1-4H3;1H/q+1;/p-1. The Morgan fingerprint density at radius 3 is 1.82 bits per heavy atom. The highest BCUT2D eigenvalue weighted by atomic mass is 35.5. The molecule has 0 aliphatic rings. The average Bonchev–Trinajstić information content (AvgIpc) is 2.37. The van der Waals surface area contributed by atoms with E-state index in [1.54, 1.807) is 21.3 Å². The van der Waals surface area contributed by atoms with Gasteiger partial charge in [-0.2, -0.15) is 4.57 Å². The van der Waals surface area contributed by atoms with E-state index < -0.39 is 8.80 Å². The highest BCUT2D eigenvalue weighted by Gasteiger charge is 2.53. The second-order valence-electron chi connectivity index (χ2n) is 3.46. The number of pyridine rings is 1. The minimum Gasteiger partial charge on any atom is -1.00 e. The maximum atomic E-state index is 5.52. The Bertz CT molecular complexity index is 301. The first-order valence-electron chi connectivity index (χ1n) is 5.35. The molecule has 17 heavy (non-hydrogen) atoms. The lowest BCUT2D eigenvalue weighted by molar-refractivity contribution is -0.710. The fourth-order valence-corrected chi connectivity index (χ4v) is 4.27. The van der Waals surface area contributed by atoms with E-state index in [2.05, 4.69) is 11.5 Å². The Labute approximate surface area is 110 Å². The smallest absolute Gasteiger partial charge is 0.572 e. The molecule has 0 saturated carbocycles. The topological polar surface area (TPSA) is 31.6 Å². The minimum absolute atomic E-state index is 0. The summed E-state index contributed by atoms with van der Waals surface area (Å²) in [5.74, 6) is 0. The Kier molecular flexibility index (Phi) is 7.57. The summed E-state index contributed by atoms with van der Waals surface area (Å²) in [4.78, 5) is 0. The van der Waals surface area contributed by atoms with Gasteiger partial charge in [-0.15, -0.1) is 0 Å². The highest BCUT2D eigenvalue weighted by molar-refractivity contribution is 6.60. The second-order valence-corrected chi connectivity index (χ2v) is 6.56. The largest absolute Gasteiger partial charge is 1.00 e. The molecule has 6 heteroatoms. The molecule has 0 radical (unpaired) electrons. The monoisotopic (exact) mass is 277 g/mol. The molecule has 1 heterocycles. The van der Waals surface area contributed by atoms with Crippen LogP contribution in [0.3, 0.4) is 0 Å². The molecule has 0 saturated heterocycles. The van der Waals surface area contributed by atoms with Gasteiger partial charge in [-0.1, -0.05) is 13.0 Å². The Hall–Kier alpha value is -0.463. The molecular formula is C11H20ClNO3Si. The SMILES string of the molecule is CCC([n+]1ccccc1)[Si](OC)(OC)OC.[Cl-]. The predicted molar refractivity (Wildman–Crippen MR) is 62.7 cm³/mol. The van der Waals surface area contributed by atoms with Crippen LogP contribution in [0, 0.1) is 0 Å². The maximum absolute atomic E-state index is 5.52. The summed E-state index contributed by atoms with van der Waals surface area (Å²) in [6.07, 6.45) is 4.91. The molecule has 1 rings (SSSR count). The predicted octanol–water partition coefficient (Wildman–Crippen LogP) is -1.65. The number of aromatic nitrogens is 1. The number of hydrogen-bond donors (Lipinski definition) is 0. The average molecular weight is 278 g/mol. The molecule has 0 aliphatic heterocycles. The molecule has 0 N–H and O–H groups in total. The number of hydrogen-bond acceptors (Lipinski definition) is 3. The fraction of sp³-hybridized carbons (Fsp3) is 0.545. The molecule has 98 valence electrons. The third-order valence-electron chi connectivity index (χ3n) is 2.75. The molecule has 4 nitrogen and oxygen atoms in total. The molecule has 0 aliphatic carbocycles. The van der Waals surface area contributed by atoms with Crippen molar-refractivity contribution in [3.05, 3.63) is 30.6 Å². The van der Waals surface area contributed by atoms with Crippen molar-refractivity contribution in [1.29, 1.82) is 0 Å². The van der Waals surface area contributed by atoms with Crippen molar-refractivity contribution in [1.82, 2.24) is 0 Å². The summed E-state index contributed by atoms with van der Waals surface area (Å²) in [5.41, 5.74) is 0.105. The first-order chi connectivity index (χ1) is 7.74. The van der Waals surface area contributed by atoms with Gasteiger partial charge < -0.3 is 25.7 Å². The van der Waals surface area contributed by atoms with Crippen LogP contribution in [-0.4, -0.2) is 30.1 Å². The van der Waals surface area contributed by atoms with Crippen LogP contribution in [0.15, 0.2) is 30.6 Å². The van der Waals surface area contributed by atoms with E-state index in [1.165, 1.54) is 0 Å². The van der Waals surface area contributed by atoms with E-state index in [1.807, 2.05) is 30.6 Å². The van der Waals surface area contributed by atoms with Gasteiger partial charge in [0.05, 0.1) is 0 Å². The van der Waals surface area contributed by atoms with E-state index in [0.29, 0.717) is 0 Å². The van der Waals surface area contributed by atoms with Gasteiger partial charge in [0, 0.05) is 39.9 Å². The van der Waals surface area contributed by atoms with Gasteiger partial charge in [0.25, 0.3) is 0 Å². The van der Waals surface area contributed by atoms with Crippen molar-refractivity contribution in [3.63, 3.8) is 0 Å². The zero-order valence-electron chi connectivity index (χ0n) is 10.7. The molecule has 1 aromatic rings. The van der Waals surface area contributed by atoms with Crippen molar-refractivity contribution in [3.8, 4) is 0 Å². The van der Waals surface area contributed by atoms with Crippen LogP contribution < -0.4 is 17.0 Å². The Morgan fingerprint density at radius 2 is 1.47 bits per heavy atom. The molecule has 1 aromatic heterocycles. The van der Waals surface area contributed by atoms with Crippen LogP contribution in [0.2, 0.25) is 0 Å². The van der Waals surface area contributed by atoms with Crippen LogP contribution >= 0.6 is 0 Å². The van der Waals surface area contributed by atoms with Gasteiger partial charge >= 0.3 is 8.80 Å². The van der Waals surface area contributed by atoms with Crippen LogP contribution in [0.25, 0.3) is 0 Å². The maximum Gasteiger partial charge on any atom is 0.572 e. The second kappa shape index (κ2) is 7.78. The third-order valence-corrected chi connectivity index (χ3v) is 5.98. The number of halogens is 1. The molecule has 0 bridgehead atoms. The number of rotatable bonds is 6. The van der Waals surface area contributed by atoms with E-state index in [4.69, 9.17) is 13.3 Å². The lowest BCUT2D eigenvalue weighted by atomic mass is 10.4. The summed E-state index contributed by atoms with van der Waals surface area (Å²) in [6.45, 7) is 2.10. The van der Waals surface area contributed by atoms with Gasteiger partial charge in [-0.3, -0.25) is 0 Å². The van der Waals surface area contributed by atoms with Crippen molar-refractivity contribution >= 4 is 8.80 Å². The van der Waals surface area contributed by atoms with Crippen molar-refractivity contribution in [2.75, 3.05) is 21.3 Å². The van der Waals surface area contributed by atoms with Crippen LogP contribution in [0.4, 0.5) is 0 Å². The Morgan fingerprint density at radius 1 is 1.00 bits per heavy atom. The molecular weight excluding hydrogens is 258 g/mol. The van der Waals surface area contributed by atoms with Gasteiger partial charge in [0.2, 0.25) is 5.67 Å². The van der Waals surface area contributed by atoms with Crippen LogP contribution in [0.1, 0.15) is 19.0 Å². The zero-order valence-corrected chi connectivity index (χ0v) is 12.5. The lowest BCUT2D eigenvalue weighted by Gasteiger charge is -2.27. The molecule has 0 aromatic carbocycles. The summed E-state index contributed by atoms with van der Waals surface area (Å²) in [5, 5.41) is 0. The first kappa shape index (κ1) is 16.5. The third kappa shape index (κ3) is 3.50. The van der Waals surface area contributed by atoms with Crippen molar-refractivity contribution in [2.24, 2.45) is 0 Å². The van der Waals surface area contributed by atoms with Gasteiger partial charge in [0.15, 0.2) is 12.4 Å². The molecule has 0 spiro atoms. The minimum atomic E-state index is -2.62. The van der Waals surface area contributed by atoms with Crippen molar-refractivity contribution in [2.45, 2.75) is 19.0 Å². The van der Waals surface area contributed by atoms with Crippen LogP contribution in [-0.2, 0) is 13.3 Å². The van der Waals surface area contributed by atoms with Gasteiger partial charge in [-0.25, -0.2) is 0 Å².